The van der Waals surface area contributed by atoms with Gasteiger partial charge in [-0.05, 0) is 112 Å². The molecule has 0 bridgehead atoms. The fourth-order valence-electron chi connectivity index (χ4n) is 5.06. The van der Waals surface area contributed by atoms with E-state index in [1.165, 1.54) is 73.2 Å². The predicted octanol–water partition coefficient (Wildman–Crippen LogP) is 12.3. The van der Waals surface area contributed by atoms with Gasteiger partial charge in [-0.2, -0.15) is 39.5 Å². The Morgan fingerprint density at radius 2 is 0.950 bits per heavy atom. The summed E-state index contributed by atoms with van der Waals surface area (Å²) < 4.78 is 125. The van der Waals surface area contributed by atoms with E-state index in [1.54, 1.807) is 41.5 Å². The topological polar surface area (TPSA) is 155 Å². The first-order chi connectivity index (χ1) is 27.5. The molecule has 20 heteroatoms. The smallest absolute Gasteiger partial charge is 0.417 e. The Bertz CT molecular complexity index is 2350. The van der Waals surface area contributed by atoms with E-state index in [-0.39, 0.29) is 38.6 Å². The number of nitrogen functional groups attached to an aromatic ring is 1. The summed E-state index contributed by atoms with van der Waals surface area (Å²) in [5.41, 5.74) is 7.91. The van der Waals surface area contributed by atoms with Gasteiger partial charge in [0.2, 0.25) is 0 Å². The summed E-state index contributed by atoms with van der Waals surface area (Å²) in [5.74, 6) is 0. The second-order valence-electron chi connectivity index (χ2n) is 14.3. The number of alkyl halides is 9. The van der Waals surface area contributed by atoms with Crippen molar-refractivity contribution in [2.24, 2.45) is 5.73 Å². The zero-order valence-electron chi connectivity index (χ0n) is 32.6. The Morgan fingerprint density at radius 3 is 1.37 bits per heavy atom. The van der Waals surface area contributed by atoms with Gasteiger partial charge in [0.1, 0.15) is 11.2 Å². The standard InChI is InChI=1S/C15H15F3N2O2.C10H5BrF3N.C10H7F3N2.C5H11NO2/c1-14(2,3)22-13(21)20-11-7-6-10(15(16,17)18)9-5-4-8-19-12(9)11;11-8-4-3-7(10(12,13)14)6-2-1-5-15-9(6)8;11-10(12,13)7-3-4-8(14)9-6(7)2-1-5-15-9;1-5(2,3)8-4(6)7/h4-8H,1-3H3,(H,20,21);1-5H;1-5H,14H2;1-3H3,(H2,6,7). The summed E-state index contributed by atoms with van der Waals surface area (Å²) in [6.07, 6.45) is -10.4. The van der Waals surface area contributed by atoms with Gasteiger partial charge >= 0.3 is 30.7 Å². The molecule has 0 saturated carbocycles. The molecule has 0 spiro atoms. The van der Waals surface area contributed by atoms with Crippen molar-refractivity contribution in [3.63, 3.8) is 0 Å². The van der Waals surface area contributed by atoms with Crippen LogP contribution >= 0.6 is 15.9 Å². The lowest BCUT2D eigenvalue weighted by atomic mass is 10.1. The Labute approximate surface area is 345 Å². The molecular formula is C40H38BrF9N6O4. The Balaban J connectivity index is 0.000000225. The van der Waals surface area contributed by atoms with E-state index in [9.17, 15) is 49.1 Å². The van der Waals surface area contributed by atoms with Crippen LogP contribution in [-0.4, -0.2) is 38.3 Å². The van der Waals surface area contributed by atoms with Gasteiger partial charge in [0.15, 0.2) is 0 Å². The van der Waals surface area contributed by atoms with Crippen molar-refractivity contribution < 1.29 is 58.6 Å². The average molecular weight is 918 g/mol. The number of amides is 2. The molecule has 0 aliphatic carbocycles. The van der Waals surface area contributed by atoms with Gasteiger partial charge in [0.25, 0.3) is 0 Å². The minimum atomic E-state index is -4.49. The molecule has 322 valence electrons. The first-order valence-corrected chi connectivity index (χ1v) is 18.0. The van der Waals surface area contributed by atoms with Crippen molar-refractivity contribution in [3.8, 4) is 0 Å². The number of fused-ring (bicyclic) bond motifs is 3. The molecule has 6 aromatic rings. The Kier molecular flexibility index (Phi) is 15.3. The molecule has 0 saturated heterocycles. The summed E-state index contributed by atoms with van der Waals surface area (Å²) in [6, 6.07) is 15.1. The molecule has 5 N–H and O–H groups in total. The second-order valence-corrected chi connectivity index (χ2v) is 15.2. The minimum absolute atomic E-state index is 0.0324. The van der Waals surface area contributed by atoms with E-state index < -0.39 is 58.6 Å². The zero-order chi connectivity index (χ0) is 45.4. The van der Waals surface area contributed by atoms with Crippen LogP contribution in [0.2, 0.25) is 0 Å². The highest BCUT2D eigenvalue weighted by atomic mass is 79.9. The third kappa shape index (κ3) is 14.1. The molecular weight excluding hydrogens is 879 g/mol. The summed E-state index contributed by atoms with van der Waals surface area (Å²) in [5, 5.41) is 2.49. The van der Waals surface area contributed by atoms with Crippen molar-refractivity contribution in [2.75, 3.05) is 11.1 Å². The number of ether oxygens (including phenoxy) is 2. The summed E-state index contributed by atoms with van der Waals surface area (Å²) in [6.45, 7) is 10.4. The number of nitrogens with zero attached hydrogens (tertiary/aromatic N) is 3. The Hall–Kier alpha value is -5.92. The van der Waals surface area contributed by atoms with Gasteiger partial charge in [-0.25, -0.2) is 9.59 Å². The lowest BCUT2D eigenvalue weighted by Crippen LogP contribution is -2.27. The van der Waals surface area contributed by atoms with Gasteiger partial charge in [0, 0.05) is 39.2 Å². The van der Waals surface area contributed by atoms with Gasteiger partial charge in [-0.3, -0.25) is 20.3 Å². The maximum absolute atomic E-state index is 13.0. The van der Waals surface area contributed by atoms with Crippen molar-refractivity contribution in [2.45, 2.75) is 71.3 Å². The molecule has 60 heavy (non-hydrogen) atoms. The number of halogens is 10. The first kappa shape index (κ1) is 48.4. The number of benzene rings is 3. The number of rotatable bonds is 1. The third-order valence-corrected chi connectivity index (χ3v) is 7.89. The first-order valence-electron chi connectivity index (χ1n) is 17.2. The predicted molar refractivity (Wildman–Crippen MR) is 213 cm³/mol. The molecule has 3 aromatic carbocycles. The van der Waals surface area contributed by atoms with E-state index in [1.807, 2.05) is 0 Å². The number of pyridine rings is 3. The summed E-state index contributed by atoms with van der Waals surface area (Å²) in [4.78, 5) is 33.5. The molecule has 0 radical (unpaired) electrons. The fourth-order valence-corrected chi connectivity index (χ4v) is 5.51. The lowest BCUT2D eigenvalue weighted by Gasteiger charge is -2.20. The van der Waals surface area contributed by atoms with E-state index in [0.29, 0.717) is 9.99 Å². The maximum atomic E-state index is 13.0. The van der Waals surface area contributed by atoms with Crippen LogP contribution in [0.4, 0.5) is 60.5 Å². The van der Waals surface area contributed by atoms with E-state index in [0.717, 1.165) is 18.2 Å². The number of anilines is 2. The fraction of sp³-hybridized carbons (Fsp3) is 0.275. The molecule has 0 aliphatic rings. The summed E-state index contributed by atoms with van der Waals surface area (Å²) in [7, 11) is 0. The second kappa shape index (κ2) is 19.0. The van der Waals surface area contributed by atoms with Crippen molar-refractivity contribution >= 4 is 72.2 Å². The Morgan fingerprint density at radius 1 is 0.567 bits per heavy atom. The van der Waals surface area contributed by atoms with Crippen LogP contribution in [0.15, 0.2) is 95.9 Å². The monoisotopic (exact) mass is 916 g/mol. The molecule has 0 aliphatic heterocycles. The van der Waals surface area contributed by atoms with E-state index in [2.05, 4.69) is 40.9 Å². The highest BCUT2D eigenvalue weighted by Crippen LogP contribution is 2.38. The maximum Gasteiger partial charge on any atom is 0.417 e. The number of hydrogen-bond donors (Lipinski definition) is 3. The highest BCUT2D eigenvalue weighted by molar-refractivity contribution is 9.10. The van der Waals surface area contributed by atoms with E-state index in [4.69, 9.17) is 16.2 Å². The van der Waals surface area contributed by atoms with Crippen LogP contribution in [0.5, 0.6) is 0 Å². The molecule has 0 atom stereocenters. The van der Waals surface area contributed by atoms with Crippen LogP contribution in [0.3, 0.4) is 0 Å². The number of aromatic nitrogens is 3. The lowest BCUT2D eigenvalue weighted by molar-refractivity contribution is -0.137. The van der Waals surface area contributed by atoms with Crippen LogP contribution in [0.25, 0.3) is 32.7 Å². The number of hydrogen-bond acceptors (Lipinski definition) is 8. The average Bonchev–Trinajstić information content (AvgIpc) is 3.10. The molecule has 3 aromatic heterocycles. The SMILES string of the molecule is CC(C)(C)OC(=O)Nc1ccc(C(F)(F)F)c2cccnc12.CC(C)(C)OC(N)=O.FC(F)(F)c1ccc(Br)c2ncccc12.Nc1ccc(C(F)(F)F)c2cccnc12. The number of carbonyl (C=O) groups is 2. The largest absolute Gasteiger partial charge is 0.444 e. The quantitative estimate of drug-likeness (QED) is 0.109. The van der Waals surface area contributed by atoms with Crippen LogP contribution in [-0.2, 0) is 28.0 Å². The zero-order valence-corrected chi connectivity index (χ0v) is 34.2. The van der Waals surface area contributed by atoms with Gasteiger partial charge < -0.3 is 20.9 Å². The van der Waals surface area contributed by atoms with Gasteiger partial charge in [-0.1, -0.05) is 18.2 Å². The van der Waals surface area contributed by atoms with Gasteiger partial charge in [-0.15, -0.1) is 0 Å². The molecule has 3 heterocycles. The molecule has 2 amide bonds. The van der Waals surface area contributed by atoms with Crippen LogP contribution in [0, 0.1) is 0 Å². The molecule has 0 fully saturated rings. The number of primary amides is 1. The van der Waals surface area contributed by atoms with Crippen LogP contribution in [0.1, 0.15) is 58.2 Å². The normalized spacial score (nSPS) is 11.9. The van der Waals surface area contributed by atoms with Crippen molar-refractivity contribution in [3.05, 3.63) is 113 Å². The number of nitrogens with two attached hydrogens (primary N) is 2. The van der Waals surface area contributed by atoms with Crippen molar-refractivity contribution in [1.29, 1.82) is 0 Å². The molecule has 0 unspecified atom stereocenters. The van der Waals surface area contributed by atoms with E-state index >= 15 is 0 Å². The summed E-state index contributed by atoms with van der Waals surface area (Å²) >= 11 is 3.17. The number of nitrogens with one attached hydrogen (secondary N) is 1. The minimum Gasteiger partial charge on any atom is -0.444 e. The number of carbonyl (C=O) groups excluding carboxylic acids is 2. The molecule has 10 nitrogen and oxygen atoms in total. The highest BCUT2D eigenvalue weighted by Gasteiger charge is 2.35. The van der Waals surface area contributed by atoms with Crippen LogP contribution < -0.4 is 16.8 Å². The molecule has 6 rings (SSSR count). The van der Waals surface area contributed by atoms with Crippen molar-refractivity contribution in [1.82, 2.24) is 15.0 Å². The third-order valence-electron chi connectivity index (χ3n) is 7.25. The van der Waals surface area contributed by atoms with Gasteiger partial charge in [0.05, 0.1) is 44.6 Å².